The van der Waals surface area contributed by atoms with Crippen molar-refractivity contribution in [1.82, 2.24) is 0 Å². The molecule has 1 amide bonds. The van der Waals surface area contributed by atoms with E-state index in [2.05, 4.69) is 30.0 Å². The van der Waals surface area contributed by atoms with E-state index >= 15 is 0 Å². The molecule has 0 spiro atoms. The smallest absolute Gasteiger partial charge is 0.239 e. The molecule has 0 unspecified atom stereocenters. The molecule has 2 heterocycles. The van der Waals surface area contributed by atoms with Crippen molar-refractivity contribution in [2.24, 2.45) is 5.73 Å². The molecule has 2 aromatic rings. The van der Waals surface area contributed by atoms with Crippen LogP contribution >= 0.6 is 0 Å². The third-order valence-electron chi connectivity index (χ3n) is 7.19. The Labute approximate surface area is 215 Å². The maximum Gasteiger partial charge on any atom is 0.239 e. The number of hydrogen-bond acceptors (Lipinski definition) is 6. The van der Waals surface area contributed by atoms with E-state index in [0.717, 1.165) is 32.4 Å². The van der Waals surface area contributed by atoms with Crippen molar-refractivity contribution in [2.45, 2.75) is 68.9 Å². The Balaban J connectivity index is 0.00000361. The SMILES string of the molecule is C.Cc1ccc2c(c1)CCCN2CCCCCOc1ccc(S(=O)(=O)C2(C(N)=O)CCOCC2)cc1. The summed E-state index contributed by atoms with van der Waals surface area (Å²) in [6, 6.07) is 13.0. The van der Waals surface area contributed by atoms with Gasteiger partial charge in [-0.15, -0.1) is 0 Å². The van der Waals surface area contributed by atoms with Crippen LogP contribution in [0.25, 0.3) is 0 Å². The molecule has 2 aromatic carbocycles. The third kappa shape index (κ3) is 5.86. The highest BCUT2D eigenvalue weighted by atomic mass is 32.2. The molecular weight excluding hydrogens is 476 g/mol. The van der Waals surface area contributed by atoms with Gasteiger partial charge in [0.25, 0.3) is 0 Å². The molecule has 2 aliphatic rings. The van der Waals surface area contributed by atoms with Crippen LogP contribution in [0.15, 0.2) is 47.4 Å². The maximum absolute atomic E-state index is 13.2. The first kappa shape index (κ1) is 28.0. The van der Waals surface area contributed by atoms with E-state index in [4.69, 9.17) is 15.2 Å². The molecule has 8 heteroatoms. The molecule has 2 aliphatic heterocycles. The van der Waals surface area contributed by atoms with E-state index < -0.39 is 20.5 Å². The average Bonchev–Trinajstić information content (AvgIpc) is 2.86. The van der Waals surface area contributed by atoms with Crippen LogP contribution in [0.5, 0.6) is 5.75 Å². The molecule has 7 nitrogen and oxygen atoms in total. The number of rotatable bonds is 10. The highest BCUT2D eigenvalue weighted by Crippen LogP contribution is 2.35. The van der Waals surface area contributed by atoms with Crippen LogP contribution in [0.2, 0.25) is 0 Å². The van der Waals surface area contributed by atoms with Gasteiger partial charge in [0.2, 0.25) is 5.91 Å². The summed E-state index contributed by atoms with van der Waals surface area (Å²) >= 11 is 0. The van der Waals surface area contributed by atoms with Gasteiger partial charge in [0.05, 0.1) is 11.5 Å². The molecule has 1 saturated heterocycles. The Hall–Kier alpha value is -2.58. The Bertz CT molecular complexity index is 1130. The predicted octanol–water partition coefficient (Wildman–Crippen LogP) is 4.44. The normalized spacial score (nSPS) is 17.1. The van der Waals surface area contributed by atoms with Gasteiger partial charge in [-0.25, -0.2) is 8.42 Å². The van der Waals surface area contributed by atoms with Gasteiger partial charge in [0.15, 0.2) is 14.6 Å². The average molecular weight is 517 g/mol. The zero-order valence-corrected chi connectivity index (χ0v) is 21.3. The molecule has 0 radical (unpaired) electrons. The predicted molar refractivity (Wildman–Crippen MR) is 143 cm³/mol. The Morgan fingerprint density at radius 2 is 1.81 bits per heavy atom. The number of unbranched alkanes of at least 4 members (excludes halogenated alkanes) is 2. The van der Waals surface area contributed by atoms with Gasteiger partial charge >= 0.3 is 0 Å². The standard InChI is InChI=1S/C27H36N2O5S.CH4/c1-21-7-12-25-22(20-21)6-5-16-29(25)15-3-2-4-17-34-23-8-10-24(11-9-23)35(31,32)27(26(28)30)13-18-33-19-14-27;/h7-12,20H,2-6,13-19H2,1H3,(H2,28,30);1H4. The minimum Gasteiger partial charge on any atom is -0.494 e. The number of aryl methyl sites for hydroxylation is 2. The number of carbonyl (C=O) groups is 1. The lowest BCUT2D eigenvalue weighted by Gasteiger charge is -2.33. The topological polar surface area (TPSA) is 98.9 Å². The zero-order chi connectivity index (χ0) is 24.9. The molecule has 2 N–H and O–H groups in total. The summed E-state index contributed by atoms with van der Waals surface area (Å²) in [5, 5.41) is 0. The van der Waals surface area contributed by atoms with Crippen molar-refractivity contribution < 1.29 is 22.7 Å². The van der Waals surface area contributed by atoms with Gasteiger partial charge in [-0.1, -0.05) is 25.1 Å². The van der Waals surface area contributed by atoms with Crippen molar-refractivity contribution in [3.63, 3.8) is 0 Å². The molecule has 0 bridgehead atoms. The summed E-state index contributed by atoms with van der Waals surface area (Å²) in [7, 11) is -3.92. The molecule has 4 rings (SSSR count). The van der Waals surface area contributed by atoms with Crippen molar-refractivity contribution in [3.8, 4) is 5.75 Å². The molecule has 0 aromatic heterocycles. The summed E-state index contributed by atoms with van der Waals surface area (Å²) < 4.78 is 35.9. The van der Waals surface area contributed by atoms with Crippen molar-refractivity contribution >= 4 is 21.4 Å². The Morgan fingerprint density at radius 3 is 2.50 bits per heavy atom. The van der Waals surface area contributed by atoms with E-state index in [-0.39, 0.29) is 38.4 Å². The van der Waals surface area contributed by atoms with Gasteiger partial charge in [0, 0.05) is 32.0 Å². The second kappa shape index (κ2) is 12.1. The van der Waals surface area contributed by atoms with Gasteiger partial charge in [0.1, 0.15) is 5.75 Å². The number of benzene rings is 2. The number of carbonyl (C=O) groups excluding carboxylic acids is 1. The Morgan fingerprint density at radius 1 is 1.08 bits per heavy atom. The van der Waals surface area contributed by atoms with Crippen LogP contribution < -0.4 is 15.4 Å². The minimum atomic E-state index is -3.92. The first-order chi connectivity index (χ1) is 16.8. The first-order valence-electron chi connectivity index (χ1n) is 12.5. The van der Waals surface area contributed by atoms with E-state index in [1.807, 2.05) is 0 Å². The van der Waals surface area contributed by atoms with Crippen LogP contribution in [0.3, 0.4) is 0 Å². The number of fused-ring (bicyclic) bond motifs is 1. The number of hydrogen-bond donors (Lipinski definition) is 1. The number of nitrogens with zero attached hydrogens (tertiary/aromatic N) is 1. The van der Waals surface area contributed by atoms with E-state index in [1.54, 1.807) is 12.1 Å². The zero-order valence-electron chi connectivity index (χ0n) is 20.5. The van der Waals surface area contributed by atoms with Crippen LogP contribution in [0.1, 0.15) is 57.1 Å². The summed E-state index contributed by atoms with van der Waals surface area (Å²) in [4.78, 5) is 14.7. The lowest BCUT2D eigenvalue weighted by molar-refractivity contribution is -0.122. The fraction of sp³-hybridized carbons (Fsp3) is 0.536. The fourth-order valence-corrected chi connectivity index (χ4v) is 7.01. The summed E-state index contributed by atoms with van der Waals surface area (Å²) in [6.07, 6.45) is 5.62. The quantitative estimate of drug-likeness (QED) is 0.469. The highest BCUT2D eigenvalue weighted by molar-refractivity contribution is 7.93. The minimum absolute atomic E-state index is 0. The van der Waals surface area contributed by atoms with E-state index in [1.165, 1.54) is 41.8 Å². The third-order valence-corrected chi connectivity index (χ3v) is 9.72. The van der Waals surface area contributed by atoms with Crippen LogP contribution in [-0.2, 0) is 25.8 Å². The molecule has 0 atom stereocenters. The number of primary amides is 1. The van der Waals surface area contributed by atoms with Crippen LogP contribution in [-0.4, -0.2) is 52.0 Å². The summed E-state index contributed by atoms with van der Waals surface area (Å²) in [5.74, 6) is -0.200. The maximum atomic E-state index is 13.2. The Kier molecular flexibility index (Phi) is 9.41. The lowest BCUT2D eigenvalue weighted by Crippen LogP contribution is -2.53. The second-order valence-corrected chi connectivity index (χ2v) is 11.8. The van der Waals surface area contributed by atoms with Gasteiger partial charge < -0.3 is 20.1 Å². The van der Waals surface area contributed by atoms with E-state index in [0.29, 0.717) is 12.4 Å². The molecular formula is C28H40N2O5S. The highest BCUT2D eigenvalue weighted by Gasteiger charge is 2.51. The fourth-order valence-electron chi connectivity index (χ4n) is 5.10. The largest absolute Gasteiger partial charge is 0.494 e. The van der Waals surface area contributed by atoms with Crippen molar-refractivity contribution in [3.05, 3.63) is 53.6 Å². The van der Waals surface area contributed by atoms with Crippen molar-refractivity contribution in [1.29, 1.82) is 0 Å². The van der Waals surface area contributed by atoms with Gasteiger partial charge in [-0.2, -0.15) is 0 Å². The number of nitrogens with two attached hydrogens (primary N) is 1. The van der Waals surface area contributed by atoms with Gasteiger partial charge in [-0.05, 0) is 87.8 Å². The lowest BCUT2D eigenvalue weighted by atomic mass is 9.98. The molecule has 1 fully saturated rings. The van der Waals surface area contributed by atoms with Gasteiger partial charge in [-0.3, -0.25) is 4.79 Å². The van der Waals surface area contributed by atoms with Crippen LogP contribution in [0.4, 0.5) is 5.69 Å². The summed E-state index contributed by atoms with van der Waals surface area (Å²) in [6.45, 7) is 5.29. The molecule has 0 saturated carbocycles. The number of amides is 1. The second-order valence-electron chi connectivity index (χ2n) is 9.58. The number of anilines is 1. The monoisotopic (exact) mass is 516 g/mol. The molecule has 198 valence electrons. The number of ether oxygens (including phenoxy) is 2. The molecule has 36 heavy (non-hydrogen) atoms. The number of sulfone groups is 1. The van der Waals surface area contributed by atoms with Crippen LogP contribution in [0, 0.1) is 6.92 Å². The van der Waals surface area contributed by atoms with Crippen molar-refractivity contribution in [2.75, 3.05) is 37.8 Å². The summed E-state index contributed by atoms with van der Waals surface area (Å²) in [5.41, 5.74) is 9.70. The molecule has 0 aliphatic carbocycles. The first-order valence-corrected chi connectivity index (χ1v) is 14.0. The van der Waals surface area contributed by atoms with E-state index in [9.17, 15) is 13.2 Å².